The molecule has 5 N–H and O–H groups in total. The Morgan fingerprint density at radius 2 is 1.91 bits per heavy atom. The number of nitrogens with two attached hydrogens (primary N) is 1. The largest absolute Gasteiger partial charge is 0.481 e. The summed E-state index contributed by atoms with van der Waals surface area (Å²) in [5, 5.41) is 20.5. The van der Waals surface area contributed by atoms with Crippen molar-refractivity contribution in [2.75, 3.05) is 6.54 Å². The van der Waals surface area contributed by atoms with Gasteiger partial charge in [0, 0.05) is 15.7 Å². The Balaban J connectivity index is 2.40. The molecule has 0 aliphatic carbocycles. The van der Waals surface area contributed by atoms with E-state index in [2.05, 4.69) is 27.9 Å². The molecule has 0 saturated heterocycles. The molecule has 0 aliphatic rings. The van der Waals surface area contributed by atoms with E-state index in [1.165, 1.54) is 0 Å². The molecular weight excluding hydrogens is 415 g/mol. The molecule has 0 fully saturated rings. The lowest BCUT2D eigenvalue weighted by Gasteiger charge is -2.15. The van der Waals surface area contributed by atoms with Crippen molar-refractivity contribution in [2.24, 2.45) is 11.7 Å². The molecule has 1 amide bonds. The van der Waals surface area contributed by atoms with Crippen molar-refractivity contribution in [3.8, 4) is 0 Å². The summed E-state index contributed by atoms with van der Waals surface area (Å²) in [4.78, 5) is 33.7. The SMILES string of the molecule is N[C@@H](C[C@H](CCCNC(=O)c1cccc(I)c1)C(=O)O)C(=O)O. The van der Waals surface area contributed by atoms with E-state index in [9.17, 15) is 14.4 Å². The molecule has 126 valence electrons. The zero-order valence-corrected chi connectivity index (χ0v) is 14.5. The Morgan fingerprint density at radius 3 is 2.48 bits per heavy atom. The average molecular weight is 434 g/mol. The lowest BCUT2D eigenvalue weighted by Crippen LogP contribution is -2.34. The summed E-state index contributed by atoms with van der Waals surface area (Å²) < 4.78 is 0.948. The highest BCUT2D eigenvalue weighted by atomic mass is 127. The number of carbonyl (C=O) groups is 3. The molecule has 1 aromatic carbocycles. The second-order valence-electron chi connectivity index (χ2n) is 5.12. The van der Waals surface area contributed by atoms with Crippen molar-refractivity contribution in [1.82, 2.24) is 5.32 Å². The topological polar surface area (TPSA) is 130 Å². The summed E-state index contributed by atoms with van der Waals surface area (Å²) in [6.45, 7) is 0.316. The van der Waals surface area contributed by atoms with E-state index < -0.39 is 23.9 Å². The van der Waals surface area contributed by atoms with Crippen molar-refractivity contribution < 1.29 is 24.6 Å². The molecule has 8 heteroatoms. The second-order valence-corrected chi connectivity index (χ2v) is 6.37. The molecule has 0 saturated carbocycles. The van der Waals surface area contributed by atoms with Gasteiger partial charge >= 0.3 is 11.9 Å². The van der Waals surface area contributed by atoms with Gasteiger partial charge in [-0.3, -0.25) is 14.4 Å². The maximum atomic E-state index is 11.9. The zero-order chi connectivity index (χ0) is 17.4. The van der Waals surface area contributed by atoms with Crippen molar-refractivity contribution in [3.05, 3.63) is 33.4 Å². The minimum atomic E-state index is -1.22. The normalized spacial score (nSPS) is 13.1. The number of carbonyl (C=O) groups excluding carboxylic acids is 1. The molecule has 0 bridgehead atoms. The summed E-state index contributed by atoms with van der Waals surface area (Å²) >= 11 is 2.11. The van der Waals surface area contributed by atoms with E-state index >= 15 is 0 Å². The second kappa shape index (κ2) is 9.46. The van der Waals surface area contributed by atoms with Crippen LogP contribution in [0, 0.1) is 9.49 Å². The third-order valence-corrected chi connectivity index (χ3v) is 3.98. The van der Waals surface area contributed by atoms with Crippen molar-refractivity contribution >= 4 is 40.4 Å². The molecule has 1 rings (SSSR count). The first kappa shape index (κ1) is 19.4. The van der Waals surface area contributed by atoms with Gasteiger partial charge in [-0.2, -0.15) is 0 Å². The fourth-order valence-corrected chi connectivity index (χ4v) is 2.57. The first-order chi connectivity index (χ1) is 10.8. The molecule has 0 spiro atoms. The Hall–Kier alpha value is -1.68. The fourth-order valence-electron chi connectivity index (χ4n) is 2.03. The molecule has 0 unspecified atom stereocenters. The van der Waals surface area contributed by atoms with Gasteiger partial charge in [0.05, 0.1) is 5.92 Å². The van der Waals surface area contributed by atoms with Crippen LogP contribution in [0.1, 0.15) is 29.6 Å². The van der Waals surface area contributed by atoms with Crippen molar-refractivity contribution in [3.63, 3.8) is 0 Å². The van der Waals surface area contributed by atoms with Gasteiger partial charge in [-0.15, -0.1) is 0 Å². The van der Waals surface area contributed by atoms with E-state index in [-0.39, 0.29) is 18.7 Å². The summed E-state index contributed by atoms with van der Waals surface area (Å²) in [7, 11) is 0. The fraction of sp³-hybridized carbons (Fsp3) is 0.400. The number of rotatable bonds is 9. The molecule has 0 heterocycles. The van der Waals surface area contributed by atoms with Crippen LogP contribution in [-0.2, 0) is 9.59 Å². The lowest BCUT2D eigenvalue weighted by molar-refractivity contribution is -0.143. The van der Waals surface area contributed by atoms with Gasteiger partial charge in [0.2, 0.25) is 0 Å². The molecule has 7 nitrogen and oxygen atoms in total. The highest BCUT2D eigenvalue weighted by molar-refractivity contribution is 14.1. The van der Waals surface area contributed by atoms with Gasteiger partial charge in [-0.05, 0) is 60.1 Å². The van der Waals surface area contributed by atoms with Crippen molar-refractivity contribution in [2.45, 2.75) is 25.3 Å². The van der Waals surface area contributed by atoms with Crippen LogP contribution in [0.2, 0.25) is 0 Å². The Morgan fingerprint density at radius 1 is 1.22 bits per heavy atom. The highest BCUT2D eigenvalue weighted by Crippen LogP contribution is 2.14. The van der Waals surface area contributed by atoms with Crippen LogP contribution in [-0.4, -0.2) is 40.6 Å². The molecule has 0 aliphatic heterocycles. The predicted octanol–water partition coefficient (Wildman–Crippen LogP) is 1.30. The summed E-state index contributed by atoms with van der Waals surface area (Å²) in [6.07, 6.45) is 0.553. The first-order valence-electron chi connectivity index (χ1n) is 7.06. The number of benzene rings is 1. The summed E-state index contributed by atoms with van der Waals surface area (Å²) in [5.74, 6) is -3.36. The molecule has 1 aromatic rings. The number of carboxylic acid groups (broad SMARTS) is 2. The van der Waals surface area contributed by atoms with Gasteiger partial charge in [-0.25, -0.2) is 0 Å². The van der Waals surface area contributed by atoms with E-state index in [0.29, 0.717) is 18.5 Å². The van der Waals surface area contributed by atoms with Gasteiger partial charge < -0.3 is 21.3 Å². The van der Waals surface area contributed by atoms with E-state index in [1.54, 1.807) is 18.2 Å². The van der Waals surface area contributed by atoms with Crippen molar-refractivity contribution in [1.29, 1.82) is 0 Å². The molecule has 0 aromatic heterocycles. The van der Waals surface area contributed by atoms with Crippen LogP contribution in [0.15, 0.2) is 24.3 Å². The number of hydrogen-bond acceptors (Lipinski definition) is 4. The molecule has 2 atom stereocenters. The summed E-state index contributed by atoms with van der Waals surface area (Å²) in [5.41, 5.74) is 5.91. The monoisotopic (exact) mass is 434 g/mol. The van der Waals surface area contributed by atoms with E-state index in [0.717, 1.165) is 3.57 Å². The van der Waals surface area contributed by atoms with E-state index in [1.807, 2.05) is 6.07 Å². The third-order valence-electron chi connectivity index (χ3n) is 3.31. The minimum Gasteiger partial charge on any atom is -0.481 e. The number of amides is 1. The van der Waals surface area contributed by atoms with E-state index in [4.69, 9.17) is 15.9 Å². The minimum absolute atomic E-state index is 0.129. The number of hydrogen-bond donors (Lipinski definition) is 4. The highest BCUT2D eigenvalue weighted by Gasteiger charge is 2.23. The van der Waals surface area contributed by atoms with Crippen LogP contribution < -0.4 is 11.1 Å². The van der Waals surface area contributed by atoms with Gasteiger partial charge in [0.25, 0.3) is 5.91 Å². The van der Waals surface area contributed by atoms with Crippen LogP contribution >= 0.6 is 22.6 Å². The standard InChI is InChI=1S/C15H19IN2O5/c16-11-5-1-3-9(7-11)13(19)18-6-2-4-10(14(20)21)8-12(17)15(22)23/h1,3,5,7,10,12H,2,4,6,8,17H2,(H,18,19)(H,20,21)(H,22,23)/t10-,12-/m0/s1. The third kappa shape index (κ3) is 6.95. The van der Waals surface area contributed by atoms with Crippen LogP contribution in [0.25, 0.3) is 0 Å². The maximum Gasteiger partial charge on any atom is 0.320 e. The number of nitrogens with one attached hydrogen (secondary N) is 1. The van der Waals surface area contributed by atoms with Gasteiger partial charge in [0.1, 0.15) is 6.04 Å². The smallest absolute Gasteiger partial charge is 0.320 e. The Bertz CT molecular complexity index is 579. The zero-order valence-electron chi connectivity index (χ0n) is 12.4. The maximum absolute atomic E-state index is 11.9. The van der Waals surface area contributed by atoms with Gasteiger partial charge in [-0.1, -0.05) is 6.07 Å². The quantitative estimate of drug-likeness (QED) is 0.343. The van der Waals surface area contributed by atoms with Gasteiger partial charge in [0.15, 0.2) is 0 Å². The summed E-state index contributed by atoms with van der Waals surface area (Å²) in [6, 6.07) is 5.91. The number of aliphatic carboxylic acids is 2. The first-order valence-corrected chi connectivity index (χ1v) is 8.14. The van der Waals surface area contributed by atoms with Crippen LogP contribution in [0.5, 0.6) is 0 Å². The lowest BCUT2D eigenvalue weighted by atomic mass is 9.95. The number of carboxylic acids is 2. The van der Waals surface area contributed by atoms with Crippen LogP contribution in [0.4, 0.5) is 0 Å². The average Bonchev–Trinajstić information content (AvgIpc) is 2.49. The van der Waals surface area contributed by atoms with Crippen LogP contribution in [0.3, 0.4) is 0 Å². The molecule has 0 radical (unpaired) electrons. The number of halogens is 1. The Labute approximate surface area is 147 Å². The molecule has 23 heavy (non-hydrogen) atoms. The molecular formula is C15H19IN2O5. The Kier molecular flexibility index (Phi) is 7.96. The predicted molar refractivity (Wildman–Crippen MR) is 92.1 cm³/mol.